The molecular weight excluding hydrogens is 230 g/mol. The molecule has 0 aromatic heterocycles. The van der Waals surface area contributed by atoms with Crippen molar-refractivity contribution in [2.24, 2.45) is 0 Å². The van der Waals surface area contributed by atoms with Gasteiger partial charge in [0.1, 0.15) is 0 Å². The van der Waals surface area contributed by atoms with Crippen molar-refractivity contribution >= 4 is 0 Å². The molecule has 2 unspecified atom stereocenters. The van der Waals surface area contributed by atoms with Crippen molar-refractivity contribution in [3.8, 4) is 0 Å². The van der Waals surface area contributed by atoms with Crippen molar-refractivity contribution in [3.05, 3.63) is 35.4 Å². The monoisotopic (exact) mass is 251 g/mol. The van der Waals surface area contributed by atoms with Crippen molar-refractivity contribution in [2.45, 2.75) is 32.2 Å². The van der Waals surface area contributed by atoms with Crippen molar-refractivity contribution in [1.82, 2.24) is 5.32 Å². The number of nitrogens with one attached hydrogen (secondary N) is 1. The lowest BCUT2D eigenvalue weighted by molar-refractivity contribution is 0.122. The van der Waals surface area contributed by atoms with E-state index in [-0.39, 0.29) is 6.04 Å². The van der Waals surface area contributed by atoms with Crippen LogP contribution in [0.5, 0.6) is 0 Å². The first-order chi connectivity index (χ1) is 8.81. The number of aliphatic hydroxyl groups excluding tert-OH is 1. The summed E-state index contributed by atoms with van der Waals surface area (Å²) in [6.07, 6.45) is -0.399. The van der Waals surface area contributed by atoms with Crippen molar-refractivity contribution < 1.29 is 14.6 Å². The van der Waals surface area contributed by atoms with Crippen LogP contribution in [-0.2, 0) is 22.6 Å². The summed E-state index contributed by atoms with van der Waals surface area (Å²) in [5, 5.41) is 13.0. The van der Waals surface area contributed by atoms with E-state index in [1.54, 1.807) is 0 Å². The van der Waals surface area contributed by atoms with E-state index >= 15 is 0 Å². The highest BCUT2D eigenvalue weighted by atomic mass is 16.5. The Morgan fingerprint density at radius 2 is 2.11 bits per heavy atom. The number of hydrogen-bond donors (Lipinski definition) is 2. The summed E-state index contributed by atoms with van der Waals surface area (Å²) in [5.74, 6) is 0. The molecule has 0 radical (unpaired) electrons. The molecule has 1 aromatic rings. The van der Waals surface area contributed by atoms with Gasteiger partial charge in [-0.3, -0.25) is 0 Å². The van der Waals surface area contributed by atoms with Crippen LogP contribution >= 0.6 is 0 Å². The van der Waals surface area contributed by atoms with E-state index in [4.69, 9.17) is 9.47 Å². The fourth-order valence-corrected chi connectivity index (χ4v) is 2.06. The van der Waals surface area contributed by atoms with Crippen molar-refractivity contribution in [3.63, 3.8) is 0 Å². The normalized spacial score (nSPS) is 23.4. The molecule has 1 aliphatic heterocycles. The SMILES string of the molecule is CCOCc1ccccc1CNC1COCC1O. The third-order valence-corrected chi connectivity index (χ3v) is 3.19. The summed E-state index contributed by atoms with van der Waals surface area (Å²) in [6, 6.07) is 8.24. The van der Waals surface area contributed by atoms with Gasteiger partial charge in [-0.2, -0.15) is 0 Å². The minimum absolute atomic E-state index is 0.0325. The standard InChI is InChI=1S/C14H21NO3/c1-2-17-8-12-6-4-3-5-11(12)7-15-13-9-18-10-14(13)16/h3-6,13-16H,2,7-10H2,1H3. The van der Waals surface area contributed by atoms with E-state index in [9.17, 15) is 5.11 Å². The molecule has 1 fully saturated rings. The van der Waals surface area contributed by atoms with Crippen LogP contribution in [0.15, 0.2) is 24.3 Å². The van der Waals surface area contributed by atoms with Crippen molar-refractivity contribution in [1.29, 1.82) is 0 Å². The number of rotatable bonds is 6. The molecule has 1 heterocycles. The molecule has 0 bridgehead atoms. The Labute approximate surface area is 108 Å². The molecule has 4 nitrogen and oxygen atoms in total. The summed E-state index contributed by atoms with van der Waals surface area (Å²) in [6.45, 7) is 5.09. The van der Waals surface area contributed by atoms with Gasteiger partial charge in [-0.1, -0.05) is 24.3 Å². The topological polar surface area (TPSA) is 50.7 Å². The first kappa shape index (κ1) is 13.5. The molecule has 2 N–H and O–H groups in total. The van der Waals surface area contributed by atoms with Gasteiger partial charge in [0.05, 0.1) is 32.0 Å². The minimum Gasteiger partial charge on any atom is -0.389 e. The lowest BCUT2D eigenvalue weighted by Crippen LogP contribution is -2.38. The van der Waals surface area contributed by atoms with Crippen LogP contribution in [0, 0.1) is 0 Å². The van der Waals surface area contributed by atoms with Crippen LogP contribution in [-0.4, -0.2) is 37.1 Å². The fourth-order valence-electron chi connectivity index (χ4n) is 2.06. The molecule has 2 atom stereocenters. The van der Waals surface area contributed by atoms with Gasteiger partial charge in [0.25, 0.3) is 0 Å². The number of benzene rings is 1. The predicted molar refractivity (Wildman–Crippen MR) is 69.2 cm³/mol. The first-order valence-corrected chi connectivity index (χ1v) is 6.45. The third kappa shape index (κ3) is 3.53. The van der Waals surface area contributed by atoms with Gasteiger partial charge in [0, 0.05) is 13.2 Å². The van der Waals surface area contributed by atoms with E-state index in [1.807, 2.05) is 19.1 Å². The van der Waals surface area contributed by atoms with E-state index in [2.05, 4.69) is 17.4 Å². The number of hydrogen-bond acceptors (Lipinski definition) is 4. The van der Waals surface area contributed by atoms with Crippen molar-refractivity contribution in [2.75, 3.05) is 19.8 Å². The Morgan fingerprint density at radius 3 is 2.78 bits per heavy atom. The van der Waals surface area contributed by atoms with Gasteiger partial charge < -0.3 is 19.9 Å². The van der Waals surface area contributed by atoms with Gasteiger partial charge in [-0.25, -0.2) is 0 Å². The molecular formula is C14H21NO3. The average molecular weight is 251 g/mol. The van der Waals surface area contributed by atoms with Gasteiger partial charge >= 0.3 is 0 Å². The quantitative estimate of drug-likeness (QED) is 0.794. The lowest BCUT2D eigenvalue weighted by Gasteiger charge is -2.16. The Kier molecular flexibility index (Phi) is 5.13. The molecule has 2 rings (SSSR count). The van der Waals surface area contributed by atoms with Crippen LogP contribution in [0.2, 0.25) is 0 Å². The Bertz CT molecular complexity index is 370. The third-order valence-electron chi connectivity index (χ3n) is 3.19. The highest BCUT2D eigenvalue weighted by Crippen LogP contribution is 2.12. The Hall–Kier alpha value is -0.940. The van der Waals surface area contributed by atoms with Gasteiger partial charge in [0.2, 0.25) is 0 Å². The molecule has 0 saturated carbocycles. The van der Waals surface area contributed by atoms with Gasteiger partial charge in [-0.15, -0.1) is 0 Å². The average Bonchev–Trinajstić information content (AvgIpc) is 2.80. The molecule has 1 aliphatic rings. The Balaban J connectivity index is 1.91. The van der Waals surface area contributed by atoms with Crippen LogP contribution < -0.4 is 5.32 Å². The molecule has 1 saturated heterocycles. The summed E-state index contributed by atoms with van der Waals surface area (Å²) in [5.41, 5.74) is 2.41. The number of ether oxygens (including phenoxy) is 2. The highest BCUT2D eigenvalue weighted by Gasteiger charge is 2.25. The van der Waals surface area contributed by atoms with Crippen LogP contribution in [0.1, 0.15) is 18.1 Å². The zero-order valence-corrected chi connectivity index (χ0v) is 10.8. The minimum atomic E-state index is -0.399. The van der Waals surface area contributed by atoms with E-state index in [0.29, 0.717) is 19.8 Å². The molecule has 18 heavy (non-hydrogen) atoms. The second kappa shape index (κ2) is 6.85. The second-order valence-electron chi connectivity index (χ2n) is 4.50. The zero-order valence-electron chi connectivity index (χ0n) is 10.8. The maximum absolute atomic E-state index is 9.67. The summed E-state index contributed by atoms with van der Waals surface area (Å²) < 4.78 is 10.7. The summed E-state index contributed by atoms with van der Waals surface area (Å²) in [7, 11) is 0. The maximum Gasteiger partial charge on any atom is 0.0948 e. The molecule has 0 aliphatic carbocycles. The van der Waals surface area contributed by atoms with E-state index in [0.717, 1.165) is 13.2 Å². The molecule has 1 aromatic carbocycles. The van der Waals surface area contributed by atoms with Crippen LogP contribution in [0.3, 0.4) is 0 Å². The van der Waals surface area contributed by atoms with Crippen LogP contribution in [0.4, 0.5) is 0 Å². The molecule has 100 valence electrons. The fraction of sp³-hybridized carbons (Fsp3) is 0.571. The highest BCUT2D eigenvalue weighted by molar-refractivity contribution is 5.26. The molecule has 0 amide bonds. The molecule has 0 spiro atoms. The van der Waals surface area contributed by atoms with Crippen LogP contribution in [0.25, 0.3) is 0 Å². The zero-order chi connectivity index (χ0) is 12.8. The van der Waals surface area contributed by atoms with E-state index < -0.39 is 6.10 Å². The maximum atomic E-state index is 9.67. The first-order valence-electron chi connectivity index (χ1n) is 6.45. The summed E-state index contributed by atoms with van der Waals surface area (Å²) >= 11 is 0. The largest absolute Gasteiger partial charge is 0.389 e. The van der Waals surface area contributed by atoms with E-state index in [1.165, 1.54) is 11.1 Å². The smallest absolute Gasteiger partial charge is 0.0948 e. The van der Waals surface area contributed by atoms with Gasteiger partial charge in [0.15, 0.2) is 0 Å². The lowest BCUT2D eigenvalue weighted by atomic mass is 10.1. The van der Waals surface area contributed by atoms with Gasteiger partial charge in [-0.05, 0) is 18.1 Å². The molecule has 4 heteroatoms. The Morgan fingerprint density at radius 1 is 1.33 bits per heavy atom. The number of aliphatic hydroxyl groups is 1. The predicted octanol–water partition coefficient (Wildman–Crippen LogP) is 1.07. The second-order valence-corrected chi connectivity index (χ2v) is 4.50. The summed E-state index contributed by atoms with van der Waals surface area (Å²) in [4.78, 5) is 0.